The standard InChI is InChI=1S/C16H19N3O2.ClH/c20-15-9-13(12-3-1-2-4-14(12)19-15)16(21)18-10-11-5-7-17-8-6-11;/h1-5,13,17H,6-10H2,(H,18,21)(H,19,20);1H. The first-order chi connectivity index (χ1) is 10.2. The summed E-state index contributed by atoms with van der Waals surface area (Å²) in [7, 11) is 0. The molecule has 22 heavy (non-hydrogen) atoms. The molecule has 0 spiro atoms. The zero-order valence-electron chi connectivity index (χ0n) is 12.2. The van der Waals surface area contributed by atoms with Crippen molar-refractivity contribution in [3.63, 3.8) is 0 Å². The largest absolute Gasteiger partial charge is 0.352 e. The van der Waals surface area contributed by atoms with Crippen molar-refractivity contribution in [3.8, 4) is 0 Å². The first-order valence-electron chi connectivity index (χ1n) is 7.29. The highest BCUT2D eigenvalue weighted by atomic mass is 35.5. The third-order valence-electron chi connectivity index (χ3n) is 3.96. The predicted molar refractivity (Wildman–Crippen MR) is 88.3 cm³/mol. The molecule has 0 bridgehead atoms. The SMILES string of the molecule is Cl.O=C1CC(C(=O)NCC2=CCNCC2)c2ccccc2N1. The van der Waals surface area contributed by atoms with Gasteiger partial charge in [-0.1, -0.05) is 29.8 Å². The zero-order valence-corrected chi connectivity index (χ0v) is 13.0. The normalized spacial score (nSPS) is 20.1. The Morgan fingerprint density at radius 1 is 1.32 bits per heavy atom. The molecule has 1 aromatic carbocycles. The lowest BCUT2D eigenvalue weighted by molar-refractivity contribution is -0.126. The number of fused-ring (bicyclic) bond motifs is 1. The molecule has 0 radical (unpaired) electrons. The van der Waals surface area contributed by atoms with E-state index in [2.05, 4.69) is 22.0 Å². The maximum Gasteiger partial charge on any atom is 0.228 e. The van der Waals surface area contributed by atoms with E-state index in [1.807, 2.05) is 24.3 Å². The van der Waals surface area contributed by atoms with Gasteiger partial charge in [-0.05, 0) is 24.6 Å². The number of amides is 2. The van der Waals surface area contributed by atoms with Crippen molar-refractivity contribution >= 4 is 29.9 Å². The van der Waals surface area contributed by atoms with Crippen molar-refractivity contribution in [1.82, 2.24) is 10.6 Å². The number of carbonyl (C=O) groups excluding carboxylic acids is 2. The number of hydrogen-bond donors (Lipinski definition) is 3. The van der Waals surface area contributed by atoms with Gasteiger partial charge in [-0.15, -0.1) is 12.4 Å². The minimum Gasteiger partial charge on any atom is -0.352 e. The summed E-state index contributed by atoms with van der Waals surface area (Å²) >= 11 is 0. The van der Waals surface area contributed by atoms with Crippen molar-refractivity contribution in [1.29, 1.82) is 0 Å². The van der Waals surface area contributed by atoms with Gasteiger partial charge in [-0.25, -0.2) is 0 Å². The van der Waals surface area contributed by atoms with Crippen molar-refractivity contribution < 1.29 is 9.59 Å². The highest BCUT2D eigenvalue weighted by Gasteiger charge is 2.30. The summed E-state index contributed by atoms with van der Waals surface area (Å²) in [5.41, 5.74) is 2.89. The number of rotatable bonds is 3. The summed E-state index contributed by atoms with van der Waals surface area (Å²) in [6.07, 6.45) is 3.29. The quantitative estimate of drug-likeness (QED) is 0.740. The highest BCUT2D eigenvalue weighted by molar-refractivity contribution is 6.01. The molecule has 3 N–H and O–H groups in total. The van der Waals surface area contributed by atoms with E-state index in [0.717, 1.165) is 30.8 Å². The van der Waals surface area contributed by atoms with E-state index in [4.69, 9.17) is 0 Å². The molecule has 0 saturated carbocycles. The Hall–Kier alpha value is -1.85. The van der Waals surface area contributed by atoms with Crippen LogP contribution >= 0.6 is 12.4 Å². The number of nitrogens with one attached hydrogen (secondary N) is 3. The number of anilines is 1. The molecule has 2 amide bonds. The minimum absolute atomic E-state index is 0. The Labute approximate surface area is 136 Å². The van der Waals surface area contributed by atoms with Crippen LogP contribution in [0.25, 0.3) is 0 Å². The molecule has 118 valence electrons. The van der Waals surface area contributed by atoms with E-state index in [1.165, 1.54) is 5.57 Å². The van der Waals surface area contributed by atoms with E-state index in [1.54, 1.807) is 0 Å². The van der Waals surface area contributed by atoms with Gasteiger partial charge in [-0.2, -0.15) is 0 Å². The summed E-state index contributed by atoms with van der Waals surface area (Å²) < 4.78 is 0. The van der Waals surface area contributed by atoms with Crippen molar-refractivity contribution in [2.75, 3.05) is 25.0 Å². The van der Waals surface area contributed by atoms with E-state index in [-0.39, 0.29) is 30.6 Å². The molecule has 6 heteroatoms. The number of hydrogen-bond acceptors (Lipinski definition) is 3. The van der Waals surface area contributed by atoms with Crippen molar-refractivity contribution in [2.45, 2.75) is 18.8 Å². The molecular weight excluding hydrogens is 302 g/mol. The van der Waals surface area contributed by atoms with Gasteiger partial charge >= 0.3 is 0 Å². The molecule has 1 unspecified atom stereocenters. The van der Waals surface area contributed by atoms with Crippen LogP contribution in [0.4, 0.5) is 5.69 Å². The molecule has 0 aliphatic carbocycles. The van der Waals surface area contributed by atoms with E-state index in [9.17, 15) is 9.59 Å². The molecule has 0 fully saturated rings. The summed E-state index contributed by atoms with van der Waals surface area (Å²) in [6.45, 7) is 2.39. The second-order valence-corrected chi connectivity index (χ2v) is 5.43. The molecule has 2 aliphatic heterocycles. The summed E-state index contributed by atoms with van der Waals surface area (Å²) in [5, 5.41) is 9.02. The summed E-state index contributed by atoms with van der Waals surface area (Å²) in [5.74, 6) is -0.566. The number of halogens is 1. The maximum atomic E-state index is 12.4. The second kappa shape index (κ2) is 7.42. The molecule has 1 aromatic rings. The van der Waals surface area contributed by atoms with Crippen molar-refractivity contribution in [3.05, 3.63) is 41.5 Å². The highest BCUT2D eigenvalue weighted by Crippen LogP contribution is 2.31. The third-order valence-corrected chi connectivity index (χ3v) is 3.96. The molecule has 2 aliphatic rings. The fraction of sp³-hybridized carbons (Fsp3) is 0.375. The number of benzene rings is 1. The average molecular weight is 322 g/mol. The maximum absolute atomic E-state index is 12.4. The Kier molecular flexibility index (Phi) is 5.57. The van der Waals surface area contributed by atoms with Gasteiger partial charge in [-0.3, -0.25) is 9.59 Å². The van der Waals surface area contributed by atoms with Crippen LogP contribution in [0.5, 0.6) is 0 Å². The molecule has 0 aromatic heterocycles. The lowest BCUT2D eigenvalue weighted by Crippen LogP contribution is -2.36. The van der Waals surface area contributed by atoms with Crippen LogP contribution in [-0.2, 0) is 9.59 Å². The van der Waals surface area contributed by atoms with Crippen LogP contribution < -0.4 is 16.0 Å². The van der Waals surface area contributed by atoms with Gasteiger partial charge in [0.25, 0.3) is 0 Å². The fourth-order valence-corrected chi connectivity index (χ4v) is 2.80. The average Bonchev–Trinajstić information content (AvgIpc) is 2.52. The lowest BCUT2D eigenvalue weighted by atomic mass is 9.89. The summed E-state index contributed by atoms with van der Waals surface area (Å²) in [4.78, 5) is 24.2. The third kappa shape index (κ3) is 3.67. The minimum atomic E-state index is -0.391. The molecule has 5 nitrogen and oxygen atoms in total. The molecular formula is C16H20ClN3O2. The topological polar surface area (TPSA) is 70.2 Å². The van der Waals surface area contributed by atoms with Gasteiger partial charge in [0.2, 0.25) is 11.8 Å². The Morgan fingerprint density at radius 3 is 2.91 bits per heavy atom. The van der Waals surface area contributed by atoms with Gasteiger partial charge in [0.1, 0.15) is 0 Å². The molecule has 0 saturated heterocycles. The van der Waals surface area contributed by atoms with E-state index in [0.29, 0.717) is 6.54 Å². The first-order valence-corrected chi connectivity index (χ1v) is 7.29. The zero-order chi connectivity index (χ0) is 14.7. The van der Waals surface area contributed by atoms with Crippen LogP contribution in [0.1, 0.15) is 24.3 Å². The Morgan fingerprint density at radius 2 is 2.14 bits per heavy atom. The molecule has 2 heterocycles. The van der Waals surface area contributed by atoms with Gasteiger partial charge in [0, 0.05) is 25.2 Å². The number of carbonyl (C=O) groups is 2. The number of para-hydroxylation sites is 1. The smallest absolute Gasteiger partial charge is 0.228 e. The lowest BCUT2D eigenvalue weighted by Gasteiger charge is -2.25. The van der Waals surface area contributed by atoms with Crippen LogP contribution in [0.15, 0.2) is 35.9 Å². The van der Waals surface area contributed by atoms with E-state index < -0.39 is 5.92 Å². The molecule has 1 atom stereocenters. The first kappa shape index (κ1) is 16.5. The predicted octanol–water partition coefficient (Wildman–Crippen LogP) is 1.57. The monoisotopic (exact) mass is 321 g/mol. The fourth-order valence-electron chi connectivity index (χ4n) is 2.80. The second-order valence-electron chi connectivity index (χ2n) is 5.43. The molecule has 3 rings (SSSR count). The Bertz CT molecular complexity index is 601. The van der Waals surface area contributed by atoms with Gasteiger partial charge in [0.05, 0.1) is 5.92 Å². The Balaban J connectivity index is 0.00000176. The van der Waals surface area contributed by atoms with Crippen LogP contribution in [0.3, 0.4) is 0 Å². The van der Waals surface area contributed by atoms with Gasteiger partial charge < -0.3 is 16.0 Å². The van der Waals surface area contributed by atoms with Crippen LogP contribution in [0.2, 0.25) is 0 Å². The van der Waals surface area contributed by atoms with E-state index >= 15 is 0 Å². The van der Waals surface area contributed by atoms with Crippen LogP contribution in [0, 0.1) is 0 Å². The van der Waals surface area contributed by atoms with Gasteiger partial charge in [0.15, 0.2) is 0 Å². The summed E-state index contributed by atoms with van der Waals surface area (Å²) in [6, 6.07) is 7.50. The van der Waals surface area contributed by atoms with Crippen molar-refractivity contribution in [2.24, 2.45) is 0 Å². The van der Waals surface area contributed by atoms with Crippen LogP contribution in [-0.4, -0.2) is 31.4 Å².